The number of nitrogens with zero attached hydrogens (tertiary/aromatic N) is 8. The Labute approximate surface area is 189 Å². The molecule has 4 aromatic heterocycles. The van der Waals surface area contributed by atoms with Crippen molar-refractivity contribution in [2.75, 3.05) is 28.6 Å². The number of anilines is 4. The molecule has 1 saturated heterocycles. The average molecular weight is 452 g/mol. The Balaban J connectivity index is 0.000000243. The van der Waals surface area contributed by atoms with Crippen molar-refractivity contribution in [2.45, 2.75) is 32.5 Å². The molecule has 5 heterocycles. The van der Waals surface area contributed by atoms with Gasteiger partial charge in [0, 0.05) is 37.4 Å². The molecule has 2 N–H and O–H groups in total. The maximum absolute atomic E-state index is 13.5. The molecule has 33 heavy (non-hydrogen) atoms. The van der Waals surface area contributed by atoms with E-state index in [2.05, 4.69) is 49.5 Å². The van der Waals surface area contributed by atoms with Crippen molar-refractivity contribution in [1.29, 1.82) is 0 Å². The summed E-state index contributed by atoms with van der Waals surface area (Å²) in [6.45, 7) is 5.17. The molecule has 1 aliphatic heterocycles. The Morgan fingerprint density at radius 2 is 2.12 bits per heavy atom. The maximum Gasteiger partial charge on any atom is 0.245 e. The van der Waals surface area contributed by atoms with Crippen molar-refractivity contribution < 1.29 is 9.18 Å². The van der Waals surface area contributed by atoms with Crippen LogP contribution in [0, 0.1) is 0 Å². The number of amides is 1. The summed E-state index contributed by atoms with van der Waals surface area (Å²) in [5, 5.41) is 10.1. The molecule has 0 saturated carbocycles. The fraction of sp³-hybridized carbons (Fsp3) is 0.333. The molecule has 0 unspecified atom stereocenters. The molecule has 172 valence electrons. The van der Waals surface area contributed by atoms with Gasteiger partial charge < -0.3 is 20.1 Å². The van der Waals surface area contributed by atoms with E-state index in [0.29, 0.717) is 49.5 Å². The SMILES string of the molecule is CC(C)n1cnc(Nc2nc(N3CC[C@@H](F)C3)nn3cccc23)c1.O=CNc1cnccn1. The van der Waals surface area contributed by atoms with Crippen LogP contribution in [0.3, 0.4) is 0 Å². The van der Waals surface area contributed by atoms with Crippen LogP contribution in [0.25, 0.3) is 5.52 Å². The number of fused-ring (bicyclic) bond motifs is 1. The molecule has 1 amide bonds. The van der Waals surface area contributed by atoms with Crippen LogP contribution < -0.4 is 15.5 Å². The van der Waals surface area contributed by atoms with Gasteiger partial charge in [-0.1, -0.05) is 0 Å². The molecule has 1 aliphatic rings. The number of rotatable bonds is 6. The molecule has 0 spiro atoms. The molecule has 0 radical (unpaired) electrons. The second kappa shape index (κ2) is 10.0. The van der Waals surface area contributed by atoms with Crippen molar-refractivity contribution >= 4 is 35.3 Å². The first-order chi connectivity index (χ1) is 16.0. The van der Waals surface area contributed by atoms with E-state index < -0.39 is 6.17 Å². The smallest absolute Gasteiger partial charge is 0.245 e. The van der Waals surface area contributed by atoms with E-state index in [0.717, 1.165) is 11.3 Å². The summed E-state index contributed by atoms with van der Waals surface area (Å²) in [6, 6.07) is 4.19. The van der Waals surface area contributed by atoms with Gasteiger partial charge in [-0.2, -0.15) is 4.98 Å². The number of halogens is 1. The molecule has 1 atom stereocenters. The number of alkyl halides is 1. The molecule has 0 aromatic carbocycles. The molecule has 0 bridgehead atoms. The molecule has 5 rings (SSSR count). The van der Waals surface area contributed by atoms with Crippen LogP contribution in [0.1, 0.15) is 26.3 Å². The first-order valence-electron chi connectivity index (χ1n) is 10.5. The Hall–Kier alpha value is -4.09. The van der Waals surface area contributed by atoms with Gasteiger partial charge in [0.2, 0.25) is 12.4 Å². The number of carbonyl (C=O) groups excluding carboxylic acids is 1. The molecule has 0 aliphatic carbocycles. The number of nitrogens with one attached hydrogen (secondary N) is 2. The van der Waals surface area contributed by atoms with Crippen LogP contribution in [0.2, 0.25) is 0 Å². The molecular formula is C21H25FN10O. The van der Waals surface area contributed by atoms with Gasteiger partial charge in [0.25, 0.3) is 0 Å². The highest BCUT2D eigenvalue weighted by molar-refractivity contribution is 5.73. The summed E-state index contributed by atoms with van der Waals surface area (Å²) >= 11 is 0. The maximum atomic E-state index is 13.5. The average Bonchev–Trinajstić information content (AvgIpc) is 3.56. The zero-order chi connectivity index (χ0) is 23.2. The Morgan fingerprint density at radius 1 is 1.24 bits per heavy atom. The number of hydrogen-bond acceptors (Lipinski definition) is 8. The first-order valence-corrected chi connectivity index (χ1v) is 10.5. The normalized spacial score (nSPS) is 15.4. The second-order valence-corrected chi connectivity index (χ2v) is 7.71. The Bertz CT molecular complexity index is 1190. The minimum atomic E-state index is -0.813. The van der Waals surface area contributed by atoms with Gasteiger partial charge in [0.05, 0.1) is 19.1 Å². The van der Waals surface area contributed by atoms with Crippen LogP contribution in [0.5, 0.6) is 0 Å². The lowest BCUT2D eigenvalue weighted by Gasteiger charge is -2.16. The summed E-state index contributed by atoms with van der Waals surface area (Å²) < 4.78 is 17.3. The van der Waals surface area contributed by atoms with Crippen LogP contribution in [-0.2, 0) is 4.79 Å². The number of hydrogen-bond donors (Lipinski definition) is 2. The lowest BCUT2D eigenvalue weighted by molar-refractivity contribution is -0.105. The summed E-state index contributed by atoms with van der Waals surface area (Å²) in [5.41, 5.74) is 0.855. The van der Waals surface area contributed by atoms with E-state index in [1.165, 1.54) is 18.6 Å². The van der Waals surface area contributed by atoms with Gasteiger partial charge in [0.15, 0.2) is 11.6 Å². The van der Waals surface area contributed by atoms with Crippen molar-refractivity contribution in [2.24, 2.45) is 0 Å². The highest BCUT2D eigenvalue weighted by Gasteiger charge is 2.25. The molecule has 4 aromatic rings. The predicted molar refractivity (Wildman–Crippen MR) is 122 cm³/mol. The second-order valence-electron chi connectivity index (χ2n) is 7.71. The lowest BCUT2D eigenvalue weighted by Crippen LogP contribution is -2.23. The zero-order valence-electron chi connectivity index (χ0n) is 18.3. The highest BCUT2D eigenvalue weighted by atomic mass is 19.1. The van der Waals surface area contributed by atoms with Crippen LogP contribution in [0.15, 0.2) is 49.4 Å². The predicted octanol–water partition coefficient (Wildman–Crippen LogP) is 2.84. The largest absolute Gasteiger partial charge is 0.336 e. The summed E-state index contributed by atoms with van der Waals surface area (Å²) in [7, 11) is 0. The third-order valence-corrected chi connectivity index (χ3v) is 5.01. The van der Waals surface area contributed by atoms with E-state index in [4.69, 9.17) is 0 Å². The summed E-state index contributed by atoms with van der Waals surface area (Å²) in [4.78, 5) is 28.1. The zero-order valence-corrected chi connectivity index (χ0v) is 18.3. The van der Waals surface area contributed by atoms with Gasteiger partial charge in [-0.05, 0) is 32.4 Å². The lowest BCUT2D eigenvalue weighted by atomic mass is 10.3. The van der Waals surface area contributed by atoms with E-state index in [-0.39, 0.29) is 0 Å². The molecule has 1 fully saturated rings. The third-order valence-electron chi connectivity index (χ3n) is 5.01. The third kappa shape index (κ3) is 5.40. The Kier molecular flexibility index (Phi) is 6.72. The number of imidazole rings is 1. The van der Waals surface area contributed by atoms with Gasteiger partial charge >= 0.3 is 0 Å². The van der Waals surface area contributed by atoms with Crippen molar-refractivity contribution in [3.63, 3.8) is 0 Å². The fourth-order valence-corrected chi connectivity index (χ4v) is 3.29. The van der Waals surface area contributed by atoms with Gasteiger partial charge in [-0.3, -0.25) is 9.78 Å². The minimum Gasteiger partial charge on any atom is -0.336 e. The van der Waals surface area contributed by atoms with Gasteiger partial charge in [0.1, 0.15) is 17.5 Å². The van der Waals surface area contributed by atoms with Crippen molar-refractivity contribution in [1.82, 2.24) is 34.1 Å². The van der Waals surface area contributed by atoms with Crippen molar-refractivity contribution in [3.05, 3.63) is 49.4 Å². The van der Waals surface area contributed by atoms with Crippen LogP contribution in [-0.4, -0.2) is 59.8 Å². The van der Waals surface area contributed by atoms with Gasteiger partial charge in [-0.25, -0.2) is 18.9 Å². The molecular weight excluding hydrogens is 427 g/mol. The monoisotopic (exact) mass is 452 g/mol. The van der Waals surface area contributed by atoms with E-state index in [1.54, 1.807) is 10.8 Å². The number of carbonyl (C=O) groups is 1. The van der Waals surface area contributed by atoms with Crippen LogP contribution in [0.4, 0.5) is 27.8 Å². The fourth-order valence-electron chi connectivity index (χ4n) is 3.29. The highest BCUT2D eigenvalue weighted by Crippen LogP contribution is 2.24. The summed E-state index contributed by atoms with van der Waals surface area (Å²) in [6.07, 6.45) is 10.4. The molecule has 12 heteroatoms. The van der Waals surface area contributed by atoms with Crippen LogP contribution >= 0.6 is 0 Å². The summed E-state index contributed by atoms with van der Waals surface area (Å²) in [5.74, 6) is 2.39. The standard InChI is InChI=1S/C16H20FN7.C5H5N3O/c1-11(2)23-9-14(18-10-23)19-15-13-4-3-6-24(13)21-16(20-15)22-7-5-12(17)8-22;9-4-8-5-3-6-1-2-7-5/h3-4,6,9-12H,5,7-8H2,1-2H3,(H,19,20,21);1-4H,(H,7,8,9)/t12-;/m1./s1. The molecule has 11 nitrogen and oxygen atoms in total. The van der Waals surface area contributed by atoms with E-state index in [1.807, 2.05) is 34.0 Å². The van der Waals surface area contributed by atoms with Crippen molar-refractivity contribution in [3.8, 4) is 0 Å². The van der Waals surface area contributed by atoms with E-state index in [9.17, 15) is 9.18 Å². The Morgan fingerprint density at radius 3 is 2.79 bits per heavy atom. The minimum absolute atomic E-state index is 0.341. The van der Waals surface area contributed by atoms with E-state index >= 15 is 0 Å². The topological polar surface area (TPSA) is 118 Å². The quantitative estimate of drug-likeness (QED) is 0.429. The van der Waals surface area contributed by atoms with Gasteiger partial charge in [-0.15, -0.1) is 5.10 Å². The first kappa shape index (κ1) is 22.1. The number of aromatic nitrogens is 7.